The van der Waals surface area contributed by atoms with Gasteiger partial charge in [-0.05, 0) is 56.8 Å². The molecule has 0 aliphatic heterocycles. The maximum Gasteiger partial charge on any atom is 0.306 e. The van der Waals surface area contributed by atoms with E-state index < -0.39 is 11.6 Å². The molecule has 3 N–H and O–H groups in total. The van der Waals surface area contributed by atoms with Gasteiger partial charge in [-0.25, -0.2) is 0 Å². The first kappa shape index (κ1) is 13.4. The van der Waals surface area contributed by atoms with Gasteiger partial charge in [-0.3, -0.25) is 4.79 Å². The van der Waals surface area contributed by atoms with Crippen LogP contribution < -0.4 is 5.32 Å². The second-order valence-corrected chi connectivity index (χ2v) is 7.00. The molecule has 3 unspecified atom stereocenters. The van der Waals surface area contributed by atoms with E-state index in [2.05, 4.69) is 5.32 Å². The number of nitrogens with one attached hydrogen (secondary N) is 1. The SMILES string of the molecule is O=C(O)C1CCC(O)(CNC2CC3CCC2C3)CC1. The van der Waals surface area contributed by atoms with Crippen LogP contribution in [0.5, 0.6) is 0 Å². The number of aliphatic hydroxyl groups is 1. The molecule has 3 atom stereocenters. The summed E-state index contributed by atoms with van der Waals surface area (Å²) >= 11 is 0. The lowest BCUT2D eigenvalue weighted by atomic mass is 9.78. The Morgan fingerprint density at radius 1 is 1.16 bits per heavy atom. The molecule has 3 aliphatic rings. The number of hydrogen-bond acceptors (Lipinski definition) is 3. The Morgan fingerprint density at radius 2 is 1.89 bits per heavy atom. The minimum Gasteiger partial charge on any atom is -0.481 e. The summed E-state index contributed by atoms with van der Waals surface area (Å²) in [5.41, 5.74) is -0.673. The lowest BCUT2D eigenvalue weighted by molar-refractivity contribution is -0.144. The molecular weight excluding hydrogens is 242 g/mol. The molecule has 19 heavy (non-hydrogen) atoms. The first-order valence-corrected chi connectivity index (χ1v) is 7.74. The fraction of sp³-hybridized carbons (Fsp3) is 0.933. The van der Waals surface area contributed by atoms with Crippen LogP contribution in [-0.4, -0.2) is 34.4 Å². The van der Waals surface area contributed by atoms with Crippen LogP contribution >= 0.6 is 0 Å². The first-order valence-electron chi connectivity index (χ1n) is 7.74. The molecule has 0 saturated heterocycles. The molecule has 4 nitrogen and oxygen atoms in total. The minimum atomic E-state index is -0.705. The molecule has 3 rings (SSSR count). The van der Waals surface area contributed by atoms with Crippen LogP contribution in [0.4, 0.5) is 0 Å². The summed E-state index contributed by atoms with van der Waals surface area (Å²) < 4.78 is 0. The zero-order valence-corrected chi connectivity index (χ0v) is 11.5. The van der Waals surface area contributed by atoms with Gasteiger partial charge < -0.3 is 15.5 Å². The average molecular weight is 267 g/mol. The summed E-state index contributed by atoms with van der Waals surface area (Å²) in [5, 5.41) is 23.1. The number of carboxylic acid groups (broad SMARTS) is 1. The van der Waals surface area contributed by atoms with Gasteiger partial charge in [-0.2, -0.15) is 0 Å². The third kappa shape index (κ3) is 2.79. The van der Waals surface area contributed by atoms with E-state index in [0.29, 0.717) is 38.3 Å². The molecule has 0 aromatic carbocycles. The molecule has 0 radical (unpaired) electrons. The number of carbonyl (C=O) groups is 1. The zero-order chi connectivity index (χ0) is 13.5. The van der Waals surface area contributed by atoms with Crippen molar-refractivity contribution in [2.24, 2.45) is 17.8 Å². The highest BCUT2D eigenvalue weighted by atomic mass is 16.4. The van der Waals surface area contributed by atoms with E-state index in [4.69, 9.17) is 5.11 Å². The lowest BCUT2D eigenvalue weighted by Gasteiger charge is -2.36. The van der Waals surface area contributed by atoms with Gasteiger partial charge in [0.05, 0.1) is 11.5 Å². The molecule has 0 spiro atoms. The highest BCUT2D eigenvalue weighted by Gasteiger charge is 2.41. The van der Waals surface area contributed by atoms with E-state index >= 15 is 0 Å². The quantitative estimate of drug-likeness (QED) is 0.726. The van der Waals surface area contributed by atoms with Gasteiger partial charge in [0, 0.05) is 12.6 Å². The topological polar surface area (TPSA) is 69.6 Å². The van der Waals surface area contributed by atoms with Crippen molar-refractivity contribution in [3.05, 3.63) is 0 Å². The molecule has 3 saturated carbocycles. The molecule has 2 bridgehead atoms. The maximum atomic E-state index is 10.9. The Kier molecular flexibility index (Phi) is 3.56. The normalized spacial score (nSPS) is 45.5. The summed E-state index contributed by atoms with van der Waals surface area (Å²) in [4.78, 5) is 10.9. The van der Waals surface area contributed by atoms with Crippen molar-refractivity contribution < 1.29 is 15.0 Å². The lowest BCUT2D eigenvalue weighted by Crippen LogP contribution is -2.48. The smallest absolute Gasteiger partial charge is 0.306 e. The molecule has 3 fully saturated rings. The highest BCUT2D eigenvalue weighted by Crippen LogP contribution is 2.44. The Hall–Kier alpha value is -0.610. The number of aliphatic carboxylic acids is 1. The summed E-state index contributed by atoms with van der Waals surface area (Å²) in [6.07, 6.45) is 7.87. The van der Waals surface area contributed by atoms with E-state index in [-0.39, 0.29) is 5.92 Å². The van der Waals surface area contributed by atoms with Crippen LogP contribution in [0.25, 0.3) is 0 Å². The second-order valence-electron chi connectivity index (χ2n) is 7.00. The summed E-state index contributed by atoms with van der Waals surface area (Å²) in [6.45, 7) is 0.646. The third-order valence-corrected chi connectivity index (χ3v) is 5.70. The Labute approximate surface area is 114 Å². The molecule has 4 heteroatoms. The first-order chi connectivity index (χ1) is 9.06. The van der Waals surface area contributed by atoms with Crippen molar-refractivity contribution in [2.75, 3.05) is 6.54 Å². The van der Waals surface area contributed by atoms with Crippen molar-refractivity contribution in [3.63, 3.8) is 0 Å². The predicted molar refractivity (Wildman–Crippen MR) is 71.8 cm³/mol. The number of rotatable bonds is 4. The Balaban J connectivity index is 1.46. The Bertz CT molecular complexity index is 349. The van der Waals surface area contributed by atoms with E-state index in [1.807, 2.05) is 0 Å². The molecule has 3 aliphatic carbocycles. The van der Waals surface area contributed by atoms with Crippen molar-refractivity contribution in [1.82, 2.24) is 5.32 Å². The summed E-state index contributed by atoms with van der Waals surface area (Å²) in [6, 6.07) is 0.597. The van der Waals surface area contributed by atoms with E-state index in [1.54, 1.807) is 0 Å². The van der Waals surface area contributed by atoms with Crippen LogP contribution in [0.2, 0.25) is 0 Å². The molecule has 0 heterocycles. The maximum absolute atomic E-state index is 10.9. The highest BCUT2D eigenvalue weighted by molar-refractivity contribution is 5.70. The van der Waals surface area contributed by atoms with Crippen LogP contribution in [-0.2, 0) is 4.79 Å². The van der Waals surface area contributed by atoms with Gasteiger partial charge in [0.25, 0.3) is 0 Å². The molecule has 0 aromatic heterocycles. The number of fused-ring (bicyclic) bond motifs is 2. The molecule has 0 amide bonds. The fourth-order valence-electron chi connectivity index (χ4n) is 4.39. The van der Waals surface area contributed by atoms with E-state index in [9.17, 15) is 9.90 Å². The second kappa shape index (κ2) is 5.06. The van der Waals surface area contributed by atoms with Crippen molar-refractivity contribution >= 4 is 5.97 Å². The predicted octanol–water partition coefficient (Wildman–Crippen LogP) is 1.77. The van der Waals surface area contributed by atoms with Crippen molar-refractivity contribution in [2.45, 2.75) is 63.0 Å². The van der Waals surface area contributed by atoms with Gasteiger partial charge in [-0.15, -0.1) is 0 Å². The zero-order valence-electron chi connectivity index (χ0n) is 11.5. The largest absolute Gasteiger partial charge is 0.481 e. The van der Waals surface area contributed by atoms with Crippen LogP contribution in [0, 0.1) is 17.8 Å². The standard InChI is InChI=1S/C15H25NO3/c17-14(18)11-3-5-15(19,6-4-11)9-16-13-8-10-1-2-12(13)7-10/h10-13,16,19H,1-9H2,(H,17,18). The number of hydrogen-bond donors (Lipinski definition) is 3. The molecule has 108 valence electrons. The van der Waals surface area contributed by atoms with Crippen LogP contribution in [0.1, 0.15) is 51.4 Å². The third-order valence-electron chi connectivity index (χ3n) is 5.70. The fourth-order valence-corrected chi connectivity index (χ4v) is 4.39. The Morgan fingerprint density at radius 3 is 2.42 bits per heavy atom. The summed E-state index contributed by atoms with van der Waals surface area (Å²) in [5.74, 6) is 0.787. The van der Waals surface area contributed by atoms with E-state index in [0.717, 1.165) is 11.8 Å². The van der Waals surface area contributed by atoms with Crippen molar-refractivity contribution in [1.29, 1.82) is 0 Å². The van der Waals surface area contributed by atoms with Crippen LogP contribution in [0.15, 0.2) is 0 Å². The molecule has 0 aromatic rings. The van der Waals surface area contributed by atoms with Gasteiger partial charge in [0.1, 0.15) is 0 Å². The van der Waals surface area contributed by atoms with Gasteiger partial charge in [0.15, 0.2) is 0 Å². The van der Waals surface area contributed by atoms with Crippen molar-refractivity contribution in [3.8, 4) is 0 Å². The average Bonchev–Trinajstić information content (AvgIpc) is 2.99. The minimum absolute atomic E-state index is 0.247. The monoisotopic (exact) mass is 267 g/mol. The molecular formula is C15H25NO3. The van der Waals surface area contributed by atoms with Crippen LogP contribution in [0.3, 0.4) is 0 Å². The van der Waals surface area contributed by atoms with E-state index in [1.165, 1.54) is 25.7 Å². The van der Waals surface area contributed by atoms with Gasteiger partial charge in [-0.1, -0.05) is 6.42 Å². The van der Waals surface area contributed by atoms with Gasteiger partial charge in [0.2, 0.25) is 0 Å². The number of carboxylic acids is 1. The summed E-state index contributed by atoms with van der Waals surface area (Å²) in [7, 11) is 0. The van der Waals surface area contributed by atoms with Gasteiger partial charge >= 0.3 is 5.97 Å².